The van der Waals surface area contributed by atoms with Crippen molar-refractivity contribution in [1.29, 1.82) is 0 Å². The average Bonchev–Trinajstić information content (AvgIpc) is 3.09. The number of benzene rings is 2. The van der Waals surface area contributed by atoms with Crippen LogP contribution in [0, 0.1) is 0 Å². The molecular formula is C20H22ClN3O3. The third-order valence-electron chi connectivity index (χ3n) is 4.28. The van der Waals surface area contributed by atoms with Crippen molar-refractivity contribution in [1.82, 2.24) is 4.98 Å². The van der Waals surface area contributed by atoms with Crippen LogP contribution in [-0.4, -0.2) is 36.6 Å². The summed E-state index contributed by atoms with van der Waals surface area (Å²) in [5, 5.41) is 1.04. The SMILES string of the molecule is COC(=O)CN(C(=O)[C@H](N)Cc1c[nH]c2ccccc12)c1ccccc1.Cl. The van der Waals surface area contributed by atoms with E-state index in [0.717, 1.165) is 16.5 Å². The van der Waals surface area contributed by atoms with E-state index in [1.807, 2.05) is 36.5 Å². The minimum Gasteiger partial charge on any atom is -0.468 e. The number of anilines is 1. The summed E-state index contributed by atoms with van der Waals surface area (Å²) in [5.74, 6) is -0.826. The molecule has 0 bridgehead atoms. The molecule has 1 atom stereocenters. The summed E-state index contributed by atoms with van der Waals surface area (Å²) in [7, 11) is 1.29. The normalized spacial score (nSPS) is 11.5. The lowest BCUT2D eigenvalue weighted by Gasteiger charge is -2.24. The van der Waals surface area contributed by atoms with Gasteiger partial charge in [-0.05, 0) is 30.2 Å². The summed E-state index contributed by atoms with van der Waals surface area (Å²) in [6.07, 6.45) is 2.23. The van der Waals surface area contributed by atoms with Gasteiger partial charge in [0.05, 0.1) is 13.2 Å². The molecule has 3 N–H and O–H groups in total. The topological polar surface area (TPSA) is 88.4 Å². The van der Waals surface area contributed by atoms with Crippen LogP contribution in [0.15, 0.2) is 60.8 Å². The molecule has 1 aromatic heterocycles. The van der Waals surface area contributed by atoms with E-state index in [4.69, 9.17) is 10.5 Å². The number of H-pyrrole nitrogens is 1. The van der Waals surface area contributed by atoms with Crippen LogP contribution >= 0.6 is 12.4 Å². The van der Waals surface area contributed by atoms with Gasteiger partial charge in [-0.2, -0.15) is 0 Å². The molecule has 27 heavy (non-hydrogen) atoms. The van der Waals surface area contributed by atoms with Crippen molar-refractivity contribution in [2.75, 3.05) is 18.6 Å². The molecule has 0 unspecified atom stereocenters. The van der Waals surface area contributed by atoms with Crippen LogP contribution in [-0.2, 0) is 20.7 Å². The lowest BCUT2D eigenvalue weighted by molar-refractivity contribution is -0.140. The van der Waals surface area contributed by atoms with Gasteiger partial charge in [0.2, 0.25) is 5.91 Å². The molecule has 0 saturated heterocycles. The second-order valence-corrected chi connectivity index (χ2v) is 6.01. The van der Waals surface area contributed by atoms with Gasteiger partial charge in [-0.15, -0.1) is 12.4 Å². The van der Waals surface area contributed by atoms with Gasteiger partial charge in [0.15, 0.2) is 0 Å². The van der Waals surface area contributed by atoms with E-state index in [1.54, 1.807) is 24.3 Å². The van der Waals surface area contributed by atoms with Crippen LogP contribution in [0.2, 0.25) is 0 Å². The summed E-state index contributed by atoms with van der Waals surface area (Å²) in [5.41, 5.74) is 8.77. The number of nitrogens with two attached hydrogens (primary N) is 1. The molecule has 142 valence electrons. The average molecular weight is 388 g/mol. The third kappa shape index (κ3) is 4.67. The number of carbonyl (C=O) groups is 2. The quantitative estimate of drug-likeness (QED) is 0.636. The van der Waals surface area contributed by atoms with Gasteiger partial charge in [0.25, 0.3) is 0 Å². The molecule has 0 radical (unpaired) electrons. The van der Waals surface area contributed by atoms with Crippen molar-refractivity contribution in [2.24, 2.45) is 5.73 Å². The van der Waals surface area contributed by atoms with Crippen LogP contribution in [0.5, 0.6) is 0 Å². The van der Waals surface area contributed by atoms with Gasteiger partial charge >= 0.3 is 5.97 Å². The molecule has 3 aromatic rings. The molecule has 7 heteroatoms. The van der Waals surface area contributed by atoms with Crippen molar-refractivity contribution in [3.8, 4) is 0 Å². The lowest BCUT2D eigenvalue weighted by Crippen LogP contribution is -2.47. The van der Waals surface area contributed by atoms with Gasteiger partial charge in [-0.25, -0.2) is 0 Å². The first kappa shape index (κ1) is 20.5. The second kappa shape index (κ2) is 9.21. The van der Waals surface area contributed by atoms with E-state index in [2.05, 4.69) is 4.98 Å². The van der Waals surface area contributed by atoms with E-state index in [9.17, 15) is 9.59 Å². The summed E-state index contributed by atoms with van der Waals surface area (Å²) >= 11 is 0. The Bertz CT molecular complexity index is 911. The summed E-state index contributed by atoms with van der Waals surface area (Å²) in [6, 6.07) is 16.0. The van der Waals surface area contributed by atoms with Crippen LogP contribution in [0.25, 0.3) is 10.9 Å². The number of aromatic amines is 1. The Kier molecular flexibility index (Phi) is 6.98. The predicted octanol–water partition coefficient (Wildman–Crippen LogP) is 2.67. The first-order chi connectivity index (χ1) is 12.6. The highest BCUT2D eigenvalue weighted by Gasteiger charge is 2.25. The first-order valence-electron chi connectivity index (χ1n) is 8.34. The summed E-state index contributed by atoms with van der Waals surface area (Å²) in [6.45, 7) is -0.180. The molecule has 0 aliphatic rings. The van der Waals surface area contributed by atoms with Crippen molar-refractivity contribution >= 4 is 40.9 Å². The largest absolute Gasteiger partial charge is 0.468 e. The minimum absolute atomic E-state index is 0. The number of esters is 1. The highest BCUT2D eigenvalue weighted by molar-refractivity contribution is 6.01. The van der Waals surface area contributed by atoms with Gasteiger partial charge in [0, 0.05) is 22.8 Å². The molecule has 1 amide bonds. The van der Waals surface area contributed by atoms with Crippen LogP contribution in [0.3, 0.4) is 0 Å². The Morgan fingerprint density at radius 1 is 1.11 bits per heavy atom. The van der Waals surface area contributed by atoms with E-state index in [-0.39, 0.29) is 24.9 Å². The zero-order valence-electron chi connectivity index (χ0n) is 14.9. The van der Waals surface area contributed by atoms with E-state index in [1.165, 1.54) is 12.0 Å². The Balaban J connectivity index is 0.00000261. The third-order valence-corrected chi connectivity index (χ3v) is 4.28. The number of ether oxygens (including phenoxy) is 1. The number of hydrogen-bond donors (Lipinski definition) is 2. The zero-order chi connectivity index (χ0) is 18.5. The number of carbonyl (C=O) groups excluding carboxylic acids is 2. The van der Waals surface area contributed by atoms with Crippen molar-refractivity contribution < 1.29 is 14.3 Å². The number of hydrogen-bond acceptors (Lipinski definition) is 4. The number of nitrogens with zero attached hydrogens (tertiary/aromatic N) is 1. The maximum Gasteiger partial charge on any atom is 0.325 e. The van der Waals surface area contributed by atoms with Crippen LogP contribution < -0.4 is 10.6 Å². The van der Waals surface area contributed by atoms with E-state index in [0.29, 0.717) is 12.1 Å². The summed E-state index contributed by atoms with van der Waals surface area (Å²) < 4.78 is 4.72. The minimum atomic E-state index is -0.779. The monoisotopic (exact) mass is 387 g/mol. The van der Waals surface area contributed by atoms with Gasteiger partial charge in [-0.1, -0.05) is 36.4 Å². The fraction of sp³-hybridized carbons (Fsp3) is 0.200. The maximum absolute atomic E-state index is 12.9. The molecule has 1 heterocycles. The number of rotatable bonds is 6. The Labute approximate surface area is 163 Å². The molecule has 0 aliphatic heterocycles. The second-order valence-electron chi connectivity index (χ2n) is 6.01. The Morgan fingerprint density at radius 3 is 2.48 bits per heavy atom. The Hall–Kier alpha value is -2.83. The standard InChI is InChI=1S/C20H21N3O3.ClH/c1-26-19(24)13-23(15-7-3-2-4-8-15)20(25)17(21)11-14-12-22-18-10-6-5-9-16(14)18;/h2-10,12,17,22H,11,13,21H2,1H3;1H/t17-;/m1./s1. The number of halogens is 1. The van der Waals surface area contributed by atoms with Crippen molar-refractivity contribution in [3.63, 3.8) is 0 Å². The maximum atomic E-state index is 12.9. The number of amides is 1. The summed E-state index contributed by atoms with van der Waals surface area (Å²) in [4.78, 5) is 29.2. The fourth-order valence-corrected chi connectivity index (χ4v) is 2.92. The fourth-order valence-electron chi connectivity index (χ4n) is 2.92. The number of nitrogens with one attached hydrogen (secondary N) is 1. The number of fused-ring (bicyclic) bond motifs is 1. The molecule has 3 rings (SSSR count). The van der Waals surface area contributed by atoms with Gasteiger partial charge in [0.1, 0.15) is 6.54 Å². The predicted molar refractivity (Wildman–Crippen MR) is 108 cm³/mol. The van der Waals surface area contributed by atoms with Gasteiger partial charge < -0.3 is 15.5 Å². The number of aromatic nitrogens is 1. The highest BCUT2D eigenvalue weighted by Crippen LogP contribution is 2.20. The van der Waals surface area contributed by atoms with E-state index >= 15 is 0 Å². The van der Waals surface area contributed by atoms with Crippen LogP contribution in [0.4, 0.5) is 5.69 Å². The molecule has 0 saturated carbocycles. The first-order valence-corrected chi connectivity index (χ1v) is 8.34. The van der Waals surface area contributed by atoms with Crippen LogP contribution in [0.1, 0.15) is 5.56 Å². The molecule has 2 aromatic carbocycles. The Morgan fingerprint density at radius 2 is 1.78 bits per heavy atom. The van der Waals surface area contributed by atoms with Gasteiger partial charge in [-0.3, -0.25) is 14.5 Å². The molecule has 6 nitrogen and oxygen atoms in total. The molecule has 0 aliphatic carbocycles. The molecular weight excluding hydrogens is 366 g/mol. The van der Waals surface area contributed by atoms with Crippen molar-refractivity contribution in [3.05, 3.63) is 66.4 Å². The van der Waals surface area contributed by atoms with E-state index < -0.39 is 12.0 Å². The molecule has 0 fully saturated rings. The number of methoxy groups -OCH3 is 1. The lowest BCUT2D eigenvalue weighted by atomic mass is 10.0. The highest BCUT2D eigenvalue weighted by atomic mass is 35.5. The molecule has 0 spiro atoms. The zero-order valence-corrected chi connectivity index (χ0v) is 15.7. The smallest absolute Gasteiger partial charge is 0.325 e. The van der Waals surface area contributed by atoms with Crippen molar-refractivity contribution in [2.45, 2.75) is 12.5 Å². The number of para-hydroxylation sites is 2.